The molecule has 0 unspecified atom stereocenters. The standard InChI is InChI=1S/C24H30O6/c1-23(2)9-14(25)20(15(26)10-23)19(13-7-6-8-18(30-5)22(13)29)21-16(27)11-24(3,4)12-17(21)28/h6-8,19-20,27,29H,9-12H2,1-5H3/t19-/m0/s1. The Morgan fingerprint density at radius 2 is 1.50 bits per heavy atom. The van der Waals surface area contributed by atoms with E-state index in [2.05, 4.69) is 0 Å². The van der Waals surface area contributed by atoms with Gasteiger partial charge in [-0.1, -0.05) is 39.8 Å². The van der Waals surface area contributed by atoms with Crippen LogP contribution in [-0.4, -0.2) is 34.7 Å². The maximum absolute atomic E-state index is 13.1. The first-order chi connectivity index (χ1) is 13.9. The minimum absolute atomic E-state index is 0.0595. The summed E-state index contributed by atoms with van der Waals surface area (Å²) in [5.74, 6) is -3.19. The Hall–Kier alpha value is -2.63. The van der Waals surface area contributed by atoms with E-state index in [1.165, 1.54) is 7.11 Å². The Morgan fingerprint density at radius 1 is 0.933 bits per heavy atom. The van der Waals surface area contributed by atoms with Crippen molar-refractivity contribution in [1.82, 2.24) is 0 Å². The molecule has 0 aromatic heterocycles. The summed E-state index contributed by atoms with van der Waals surface area (Å²) >= 11 is 0. The first-order valence-corrected chi connectivity index (χ1v) is 10.2. The van der Waals surface area contributed by atoms with Gasteiger partial charge in [-0.3, -0.25) is 14.4 Å². The summed E-state index contributed by atoms with van der Waals surface area (Å²) in [5, 5.41) is 21.7. The van der Waals surface area contributed by atoms with Gasteiger partial charge >= 0.3 is 0 Å². The largest absolute Gasteiger partial charge is 0.512 e. The average molecular weight is 414 g/mol. The van der Waals surface area contributed by atoms with Crippen LogP contribution < -0.4 is 4.74 Å². The van der Waals surface area contributed by atoms with Gasteiger partial charge in [0.25, 0.3) is 0 Å². The second-order valence-electron chi connectivity index (χ2n) is 10.1. The number of aliphatic hydroxyl groups excluding tert-OH is 1. The van der Waals surface area contributed by atoms with Crippen molar-refractivity contribution in [3.8, 4) is 11.5 Å². The van der Waals surface area contributed by atoms with Crippen molar-refractivity contribution < 1.29 is 29.3 Å². The zero-order chi connectivity index (χ0) is 22.4. The van der Waals surface area contributed by atoms with E-state index in [9.17, 15) is 24.6 Å². The molecule has 6 heteroatoms. The van der Waals surface area contributed by atoms with Crippen LogP contribution in [-0.2, 0) is 14.4 Å². The van der Waals surface area contributed by atoms with Crippen LogP contribution >= 0.6 is 0 Å². The Balaban J connectivity index is 2.23. The van der Waals surface area contributed by atoms with Crippen LogP contribution in [0.2, 0.25) is 0 Å². The van der Waals surface area contributed by atoms with Crippen molar-refractivity contribution in [2.75, 3.05) is 7.11 Å². The number of para-hydroxylation sites is 1. The number of carbonyl (C=O) groups excluding carboxylic acids is 3. The predicted octanol–water partition coefficient (Wildman–Crippen LogP) is 4.26. The molecule has 6 nitrogen and oxygen atoms in total. The number of hydrogen-bond donors (Lipinski definition) is 2. The van der Waals surface area contributed by atoms with E-state index >= 15 is 0 Å². The first-order valence-electron chi connectivity index (χ1n) is 10.2. The number of phenolic OH excluding ortho intramolecular Hbond substituents is 1. The van der Waals surface area contributed by atoms with Gasteiger partial charge in [-0.15, -0.1) is 0 Å². The molecule has 0 saturated heterocycles. The van der Waals surface area contributed by atoms with Crippen LogP contribution in [0.4, 0.5) is 0 Å². The summed E-state index contributed by atoms with van der Waals surface area (Å²) in [7, 11) is 1.40. The highest BCUT2D eigenvalue weighted by Gasteiger charge is 2.49. The predicted molar refractivity (Wildman–Crippen MR) is 112 cm³/mol. The summed E-state index contributed by atoms with van der Waals surface area (Å²) < 4.78 is 5.20. The first kappa shape index (κ1) is 22.1. The van der Waals surface area contributed by atoms with Gasteiger partial charge in [-0.2, -0.15) is 0 Å². The third-order valence-electron chi connectivity index (χ3n) is 6.13. The third-order valence-corrected chi connectivity index (χ3v) is 6.13. The molecule has 1 fully saturated rings. The summed E-state index contributed by atoms with van der Waals surface area (Å²) in [6.07, 6.45) is 0.834. The van der Waals surface area contributed by atoms with E-state index in [4.69, 9.17) is 4.74 Å². The van der Waals surface area contributed by atoms with Crippen LogP contribution in [0.1, 0.15) is 64.9 Å². The van der Waals surface area contributed by atoms with E-state index < -0.39 is 22.7 Å². The number of carbonyl (C=O) groups is 3. The van der Waals surface area contributed by atoms with Crippen molar-refractivity contribution in [2.24, 2.45) is 16.7 Å². The molecule has 1 atom stereocenters. The normalized spacial score (nSPS) is 22.9. The number of benzene rings is 1. The fourth-order valence-electron chi connectivity index (χ4n) is 4.89. The molecule has 0 radical (unpaired) electrons. The highest BCUT2D eigenvalue weighted by atomic mass is 16.5. The lowest BCUT2D eigenvalue weighted by atomic mass is 9.62. The van der Waals surface area contributed by atoms with E-state index in [0.29, 0.717) is 0 Å². The molecule has 0 heterocycles. The molecule has 0 amide bonds. The van der Waals surface area contributed by atoms with Crippen LogP contribution in [0.25, 0.3) is 0 Å². The van der Waals surface area contributed by atoms with E-state index in [0.717, 1.165) is 0 Å². The Labute approximate surface area is 176 Å². The lowest BCUT2D eigenvalue weighted by Gasteiger charge is -2.39. The molecule has 2 aliphatic rings. The summed E-state index contributed by atoms with van der Waals surface area (Å²) in [5.41, 5.74) is -0.575. The lowest BCUT2D eigenvalue weighted by molar-refractivity contribution is -0.140. The monoisotopic (exact) mass is 414 g/mol. The quantitative estimate of drug-likeness (QED) is 0.714. The van der Waals surface area contributed by atoms with Crippen LogP contribution in [0.3, 0.4) is 0 Å². The number of ether oxygens (including phenoxy) is 1. The second-order valence-corrected chi connectivity index (χ2v) is 10.1. The molecule has 1 aromatic carbocycles. The number of aromatic hydroxyl groups is 1. The van der Waals surface area contributed by atoms with Gasteiger partial charge in [-0.25, -0.2) is 0 Å². The van der Waals surface area contributed by atoms with Crippen LogP contribution in [0, 0.1) is 16.7 Å². The van der Waals surface area contributed by atoms with Crippen LogP contribution in [0.5, 0.6) is 11.5 Å². The maximum Gasteiger partial charge on any atom is 0.163 e. The zero-order valence-corrected chi connectivity index (χ0v) is 18.2. The lowest BCUT2D eigenvalue weighted by Crippen LogP contribution is -2.43. The molecule has 2 N–H and O–H groups in total. The molecule has 0 bridgehead atoms. The number of phenols is 1. The van der Waals surface area contributed by atoms with Gasteiger partial charge in [0.1, 0.15) is 17.3 Å². The second kappa shape index (κ2) is 7.56. The van der Waals surface area contributed by atoms with E-state index in [1.807, 2.05) is 27.7 Å². The topological polar surface area (TPSA) is 101 Å². The van der Waals surface area contributed by atoms with Gasteiger partial charge in [0.05, 0.1) is 13.0 Å². The Kier molecular flexibility index (Phi) is 5.56. The van der Waals surface area contributed by atoms with E-state index in [1.54, 1.807) is 18.2 Å². The Morgan fingerprint density at radius 3 is 2.03 bits per heavy atom. The van der Waals surface area contributed by atoms with E-state index in [-0.39, 0.29) is 71.4 Å². The minimum atomic E-state index is -1.13. The summed E-state index contributed by atoms with van der Waals surface area (Å²) in [6, 6.07) is 4.77. The fraction of sp³-hybridized carbons (Fsp3) is 0.542. The fourth-order valence-corrected chi connectivity index (χ4v) is 4.89. The molecular formula is C24H30O6. The van der Waals surface area contributed by atoms with Crippen molar-refractivity contribution in [1.29, 1.82) is 0 Å². The van der Waals surface area contributed by atoms with Gasteiger partial charge < -0.3 is 14.9 Å². The van der Waals surface area contributed by atoms with Crippen molar-refractivity contribution in [3.63, 3.8) is 0 Å². The Bertz CT molecular complexity index is 917. The number of ketones is 3. The SMILES string of the molecule is COc1cccc([C@H](C2=C(O)CC(C)(C)CC2=O)C2C(=O)CC(C)(C)CC2=O)c1O. The molecule has 2 aliphatic carbocycles. The molecular weight excluding hydrogens is 384 g/mol. The maximum atomic E-state index is 13.1. The number of Topliss-reactive ketones (excluding diaryl/α,β-unsaturated/α-hetero) is 3. The molecule has 1 aromatic rings. The van der Waals surface area contributed by atoms with Gasteiger partial charge in [-0.05, 0) is 16.9 Å². The van der Waals surface area contributed by atoms with Crippen molar-refractivity contribution >= 4 is 17.3 Å². The number of rotatable bonds is 4. The van der Waals surface area contributed by atoms with Gasteiger partial charge in [0.15, 0.2) is 17.3 Å². The zero-order valence-electron chi connectivity index (χ0n) is 18.2. The summed E-state index contributed by atoms with van der Waals surface area (Å²) in [6.45, 7) is 7.49. The smallest absolute Gasteiger partial charge is 0.163 e. The van der Waals surface area contributed by atoms with Crippen LogP contribution in [0.15, 0.2) is 29.5 Å². The highest BCUT2D eigenvalue weighted by molar-refractivity contribution is 6.09. The number of aliphatic hydroxyl groups is 1. The van der Waals surface area contributed by atoms with Gasteiger partial charge in [0, 0.05) is 42.7 Å². The number of methoxy groups -OCH3 is 1. The molecule has 1 saturated carbocycles. The van der Waals surface area contributed by atoms with Gasteiger partial charge in [0.2, 0.25) is 0 Å². The third kappa shape index (κ3) is 4.00. The molecule has 0 aliphatic heterocycles. The molecule has 162 valence electrons. The average Bonchev–Trinajstić information content (AvgIpc) is 2.57. The molecule has 3 rings (SSSR count). The highest BCUT2D eigenvalue weighted by Crippen LogP contribution is 2.50. The minimum Gasteiger partial charge on any atom is -0.512 e. The van der Waals surface area contributed by atoms with Crippen molar-refractivity contribution in [3.05, 3.63) is 35.1 Å². The molecule has 0 spiro atoms. The summed E-state index contributed by atoms with van der Waals surface area (Å²) in [4.78, 5) is 39.4. The molecule has 30 heavy (non-hydrogen) atoms. The number of hydrogen-bond acceptors (Lipinski definition) is 6. The number of allylic oxidation sites excluding steroid dienone is 2. The van der Waals surface area contributed by atoms with Crippen molar-refractivity contribution in [2.45, 2.75) is 59.3 Å².